The van der Waals surface area contributed by atoms with E-state index in [-0.39, 0.29) is 13.2 Å². The molecule has 9 heavy (non-hydrogen) atoms. The van der Waals surface area contributed by atoms with Gasteiger partial charge in [0.2, 0.25) is 0 Å². The Morgan fingerprint density at radius 2 is 1.22 bits per heavy atom. The number of aliphatic hydroxyl groups excluding tert-OH is 2. The maximum atomic E-state index is 8.26. The number of hydrogen-bond acceptors (Lipinski definition) is 2. The molecule has 0 bridgehead atoms. The van der Waals surface area contributed by atoms with Gasteiger partial charge in [-0.1, -0.05) is 24.3 Å². The molecule has 52 valence electrons. The van der Waals surface area contributed by atoms with E-state index < -0.39 is 0 Å². The zero-order chi connectivity index (χ0) is 6.95. The highest BCUT2D eigenvalue weighted by molar-refractivity contribution is 4.92. The highest BCUT2D eigenvalue weighted by Gasteiger charge is 1.68. The molecule has 0 aliphatic rings. The Morgan fingerprint density at radius 3 is 1.56 bits per heavy atom. The molecule has 0 aliphatic heterocycles. The highest BCUT2D eigenvalue weighted by Crippen LogP contribution is 1.83. The SMILES string of the molecule is OCC=CCC=CCO. The molecular formula is C7H12O2. The summed E-state index contributed by atoms with van der Waals surface area (Å²) >= 11 is 0. The van der Waals surface area contributed by atoms with Crippen LogP contribution >= 0.6 is 0 Å². The lowest BCUT2D eigenvalue weighted by Gasteiger charge is -1.79. The molecule has 0 unspecified atom stereocenters. The lowest BCUT2D eigenvalue weighted by molar-refractivity contribution is 0.342. The summed E-state index contributed by atoms with van der Waals surface area (Å²) in [7, 11) is 0. The van der Waals surface area contributed by atoms with E-state index in [0.717, 1.165) is 6.42 Å². The molecule has 2 nitrogen and oxygen atoms in total. The van der Waals surface area contributed by atoms with Crippen molar-refractivity contribution < 1.29 is 10.2 Å². The minimum absolute atomic E-state index is 0.0902. The van der Waals surface area contributed by atoms with Gasteiger partial charge in [-0.15, -0.1) is 0 Å². The molecule has 0 heterocycles. The van der Waals surface area contributed by atoms with Crippen molar-refractivity contribution in [2.24, 2.45) is 0 Å². The number of rotatable bonds is 4. The summed E-state index contributed by atoms with van der Waals surface area (Å²) < 4.78 is 0. The van der Waals surface area contributed by atoms with Crippen LogP contribution in [0.25, 0.3) is 0 Å². The summed E-state index contributed by atoms with van der Waals surface area (Å²) in [5.41, 5.74) is 0. The van der Waals surface area contributed by atoms with Gasteiger partial charge in [-0.25, -0.2) is 0 Å². The van der Waals surface area contributed by atoms with E-state index in [1.165, 1.54) is 0 Å². The molecule has 0 aromatic carbocycles. The second kappa shape index (κ2) is 7.40. The molecule has 0 atom stereocenters. The molecule has 2 heteroatoms. The van der Waals surface area contributed by atoms with Crippen molar-refractivity contribution in [2.45, 2.75) is 6.42 Å². The van der Waals surface area contributed by atoms with Gasteiger partial charge >= 0.3 is 0 Å². The van der Waals surface area contributed by atoms with E-state index in [4.69, 9.17) is 10.2 Å². The van der Waals surface area contributed by atoms with Crippen LogP contribution in [0, 0.1) is 0 Å². The lowest BCUT2D eigenvalue weighted by Crippen LogP contribution is -1.71. The number of aliphatic hydroxyl groups is 2. The summed E-state index contributed by atoms with van der Waals surface area (Å²) in [5, 5.41) is 16.5. The Labute approximate surface area is 55.1 Å². The van der Waals surface area contributed by atoms with Crippen molar-refractivity contribution in [1.29, 1.82) is 0 Å². The molecule has 0 radical (unpaired) electrons. The Balaban J connectivity index is 3.08. The minimum atomic E-state index is 0.0902. The van der Waals surface area contributed by atoms with Crippen LogP contribution in [0.2, 0.25) is 0 Å². The molecule has 2 N–H and O–H groups in total. The molecule has 0 aliphatic carbocycles. The van der Waals surface area contributed by atoms with Crippen LogP contribution < -0.4 is 0 Å². The summed E-state index contributed by atoms with van der Waals surface area (Å²) in [6, 6.07) is 0. The topological polar surface area (TPSA) is 40.5 Å². The fraction of sp³-hybridized carbons (Fsp3) is 0.429. The first-order valence-corrected chi connectivity index (χ1v) is 2.93. The van der Waals surface area contributed by atoms with Gasteiger partial charge in [0.15, 0.2) is 0 Å². The predicted molar refractivity (Wildman–Crippen MR) is 37.1 cm³/mol. The number of allylic oxidation sites excluding steroid dienone is 2. The van der Waals surface area contributed by atoms with Crippen molar-refractivity contribution in [2.75, 3.05) is 13.2 Å². The predicted octanol–water partition coefficient (Wildman–Crippen LogP) is 0.473. The fourth-order valence-corrected chi connectivity index (χ4v) is 0.420. The molecule has 0 aromatic heterocycles. The van der Waals surface area contributed by atoms with E-state index in [1.54, 1.807) is 12.2 Å². The van der Waals surface area contributed by atoms with Gasteiger partial charge < -0.3 is 10.2 Å². The van der Waals surface area contributed by atoms with Gasteiger partial charge in [-0.2, -0.15) is 0 Å². The Hall–Kier alpha value is -0.600. The zero-order valence-corrected chi connectivity index (χ0v) is 5.33. The van der Waals surface area contributed by atoms with Gasteiger partial charge in [0.1, 0.15) is 0 Å². The van der Waals surface area contributed by atoms with Crippen LogP contribution in [-0.2, 0) is 0 Å². The zero-order valence-electron chi connectivity index (χ0n) is 5.33. The summed E-state index contributed by atoms with van der Waals surface area (Å²) in [5.74, 6) is 0. The van der Waals surface area contributed by atoms with Gasteiger partial charge in [-0.05, 0) is 6.42 Å². The van der Waals surface area contributed by atoms with Crippen LogP contribution in [0.15, 0.2) is 24.3 Å². The van der Waals surface area contributed by atoms with Crippen molar-refractivity contribution in [3.05, 3.63) is 24.3 Å². The van der Waals surface area contributed by atoms with E-state index >= 15 is 0 Å². The molecule has 0 saturated carbocycles. The van der Waals surface area contributed by atoms with Crippen LogP contribution in [0.4, 0.5) is 0 Å². The minimum Gasteiger partial charge on any atom is -0.392 e. The Bertz CT molecular complexity index is 83.1. The van der Waals surface area contributed by atoms with E-state index in [1.807, 2.05) is 12.2 Å². The first-order valence-electron chi connectivity index (χ1n) is 2.93. The second-order valence-electron chi connectivity index (χ2n) is 1.54. The second-order valence-corrected chi connectivity index (χ2v) is 1.54. The van der Waals surface area contributed by atoms with Crippen molar-refractivity contribution in [3.8, 4) is 0 Å². The third kappa shape index (κ3) is 7.40. The summed E-state index contributed by atoms with van der Waals surface area (Å²) in [6.07, 6.45) is 7.79. The van der Waals surface area contributed by atoms with Gasteiger partial charge in [0, 0.05) is 0 Å². The van der Waals surface area contributed by atoms with Crippen molar-refractivity contribution in [1.82, 2.24) is 0 Å². The van der Waals surface area contributed by atoms with E-state index in [2.05, 4.69) is 0 Å². The molecule has 0 aromatic rings. The Morgan fingerprint density at radius 1 is 0.778 bits per heavy atom. The van der Waals surface area contributed by atoms with E-state index in [9.17, 15) is 0 Å². The standard InChI is InChI=1S/C7H12O2/c8-6-4-2-1-3-5-7-9/h2-5,8-9H,1,6-7H2. The van der Waals surface area contributed by atoms with E-state index in [0.29, 0.717) is 0 Å². The molecule has 0 saturated heterocycles. The fourth-order valence-electron chi connectivity index (χ4n) is 0.420. The summed E-state index contributed by atoms with van der Waals surface area (Å²) in [4.78, 5) is 0. The maximum Gasteiger partial charge on any atom is 0.0612 e. The van der Waals surface area contributed by atoms with Gasteiger partial charge in [-0.3, -0.25) is 0 Å². The van der Waals surface area contributed by atoms with Crippen LogP contribution in [-0.4, -0.2) is 23.4 Å². The smallest absolute Gasteiger partial charge is 0.0612 e. The van der Waals surface area contributed by atoms with Crippen LogP contribution in [0.5, 0.6) is 0 Å². The molecule has 0 rings (SSSR count). The average molecular weight is 128 g/mol. The van der Waals surface area contributed by atoms with Gasteiger partial charge in [0.25, 0.3) is 0 Å². The lowest BCUT2D eigenvalue weighted by atomic mass is 10.3. The highest BCUT2D eigenvalue weighted by atomic mass is 16.3. The molecule has 0 amide bonds. The van der Waals surface area contributed by atoms with Crippen molar-refractivity contribution in [3.63, 3.8) is 0 Å². The molecule has 0 spiro atoms. The summed E-state index contributed by atoms with van der Waals surface area (Å²) in [6.45, 7) is 0.180. The molecule has 0 fully saturated rings. The van der Waals surface area contributed by atoms with Gasteiger partial charge in [0.05, 0.1) is 13.2 Å². The van der Waals surface area contributed by atoms with Crippen molar-refractivity contribution >= 4 is 0 Å². The van der Waals surface area contributed by atoms with Crippen LogP contribution in [0.1, 0.15) is 6.42 Å². The quantitative estimate of drug-likeness (QED) is 0.540. The average Bonchev–Trinajstić information content (AvgIpc) is 1.89. The normalized spacial score (nSPS) is 11.8. The third-order valence-corrected chi connectivity index (χ3v) is 0.816. The third-order valence-electron chi connectivity index (χ3n) is 0.816. The maximum absolute atomic E-state index is 8.26. The van der Waals surface area contributed by atoms with Crippen LogP contribution in [0.3, 0.4) is 0 Å². The first-order chi connectivity index (χ1) is 4.41. The monoisotopic (exact) mass is 128 g/mol. The first kappa shape index (κ1) is 8.40. The Kier molecular flexibility index (Phi) is 6.91. The molecular weight excluding hydrogens is 116 g/mol. The largest absolute Gasteiger partial charge is 0.392 e. The number of hydrogen-bond donors (Lipinski definition) is 2.